The Kier molecular flexibility index (Phi) is 4.76. The maximum absolute atomic E-state index is 10.3. The molecule has 138 valence electrons. The van der Waals surface area contributed by atoms with Gasteiger partial charge in [0.1, 0.15) is 16.9 Å². The molecule has 3 aromatic rings. The zero-order valence-electron chi connectivity index (χ0n) is 14.0. The van der Waals surface area contributed by atoms with Gasteiger partial charge in [-0.05, 0) is 42.4 Å². The van der Waals surface area contributed by atoms with Crippen molar-refractivity contribution in [3.05, 3.63) is 23.2 Å². The van der Waals surface area contributed by atoms with Crippen LogP contribution in [0.3, 0.4) is 0 Å². The summed E-state index contributed by atoms with van der Waals surface area (Å²) in [5.74, 6) is 0.693. The summed E-state index contributed by atoms with van der Waals surface area (Å²) >= 11 is 2.84. The fraction of sp³-hybridized carbons (Fsp3) is 0.438. The lowest BCUT2D eigenvalue weighted by atomic mass is 10.1. The van der Waals surface area contributed by atoms with E-state index >= 15 is 0 Å². The maximum atomic E-state index is 10.3. The Bertz CT molecular complexity index is 914. The molecule has 4 atom stereocenters. The third-order valence-electron chi connectivity index (χ3n) is 4.52. The number of aliphatic hydroxyl groups excluding tert-OH is 3. The van der Waals surface area contributed by atoms with Crippen LogP contribution in [-0.4, -0.2) is 54.5 Å². The number of aliphatic hydroxyl groups is 3. The van der Waals surface area contributed by atoms with E-state index in [-0.39, 0.29) is 18.6 Å². The van der Waals surface area contributed by atoms with Crippen LogP contribution >= 0.6 is 22.9 Å². The first kappa shape index (κ1) is 17.6. The monoisotopic (exact) mass is 393 g/mol. The highest BCUT2D eigenvalue weighted by Crippen LogP contribution is 2.33. The van der Waals surface area contributed by atoms with Crippen LogP contribution in [0.5, 0.6) is 0 Å². The second-order valence-electron chi connectivity index (χ2n) is 6.40. The number of hydrogen-bond donors (Lipinski definition) is 5. The number of rotatable bonds is 5. The van der Waals surface area contributed by atoms with Crippen molar-refractivity contribution in [2.75, 3.05) is 17.2 Å². The van der Waals surface area contributed by atoms with Crippen LogP contribution in [0.2, 0.25) is 0 Å². The number of aromatic nitrogens is 3. The van der Waals surface area contributed by atoms with Crippen LogP contribution < -0.4 is 10.6 Å². The molecule has 1 aliphatic rings. The van der Waals surface area contributed by atoms with E-state index in [1.807, 2.05) is 24.4 Å². The van der Waals surface area contributed by atoms with Gasteiger partial charge in [0.2, 0.25) is 5.95 Å². The second-order valence-corrected chi connectivity index (χ2v) is 8.12. The average Bonchev–Trinajstić information content (AvgIpc) is 3.31. The normalized spacial score (nSPS) is 25.7. The van der Waals surface area contributed by atoms with Gasteiger partial charge in [-0.1, -0.05) is 0 Å². The maximum Gasteiger partial charge on any atom is 0.230 e. The second kappa shape index (κ2) is 7.05. The summed E-state index contributed by atoms with van der Waals surface area (Å²) in [4.78, 5) is 9.07. The van der Waals surface area contributed by atoms with E-state index < -0.39 is 12.2 Å². The molecule has 5 N–H and O–H groups in total. The Morgan fingerprint density at radius 3 is 2.81 bits per heavy atom. The number of fused-ring (bicyclic) bond motifs is 1. The van der Waals surface area contributed by atoms with Crippen molar-refractivity contribution >= 4 is 49.9 Å². The van der Waals surface area contributed by atoms with Gasteiger partial charge < -0.3 is 26.0 Å². The molecule has 0 radical (unpaired) electrons. The summed E-state index contributed by atoms with van der Waals surface area (Å²) in [5, 5.41) is 38.8. The summed E-state index contributed by atoms with van der Waals surface area (Å²) in [5.41, 5.74) is 1.72. The van der Waals surface area contributed by atoms with Crippen LogP contribution in [0, 0.1) is 12.8 Å². The summed E-state index contributed by atoms with van der Waals surface area (Å²) < 4.78 is 5.11. The molecule has 0 bridgehead atoms. The molecule has 4 rings (SSSR count). The van der Waals surface area contributed by atoms with E-state index in [2.05, 4.69) is 25.0 Å². The number of thiophene rings is 1. The number of aryl methyl sites for hydroxylation is 1. The first-order valence-electron chi connectivity index (χ1n) is 8.24. The van der Waals surface area contributed by atoms with Gasteiger partial charge >= 0.3 is 0 Å². The highest BCUT2D eigenvalue weighted by molar-refractivity contribution is 7.17. The van der Waals surface area contributed by atoms with E-state index in [0.29, 0.717) is 18.2 Å². The molecule has 1 fully saturated rings. The van der Waals surface area contributed by atoms with Gasteiger partial charge in [-0.2, -0.15) is 9.36 Å². The molecule has 1 aliphatic carbocycles. The van der Waals surface area contributed by atoms with Crippen LogP contribution in [0.15, 0.2) is 17.5 Å². The van der Waals surface area contributed by atoms with Gasteiger partial charge in [0.25, 0.3) is 0 Å². The van der Waals surface area contributed by atoms with Crippen molar-refractivity contribution < 1.29 is 15.3 Å². The lowest BCUT2D eigenvalue weighted by molar-refractivity contribution is 0.00446. The quantitative estimate of drug-likeness (QED) is 0.444. The van der Waals surface area contributed by atoms with E-state index in [0.717, 1.165) is 20.9 Å². The Labute approximate surface area is 157 Å². The smallest absolute Gasteiger partial charge is 0.230 e. The van der Waals surface area contributed by atoms with Gasteiger partial charge in [0.15, 0.2) is 0 Å². The topological polar surface area (TPSA) is 123 Å². The predicted octanol–water partition coefficient (Wildman–Crippen LogP) is 1.71. The van der Waals surface area contributed by atoms with Gasteiger partial charge in [-0.25, -0.2) is 4.98 Å². The Morgan fingerprint density at radius 1 is 1.27 bits per heavy atom. The summed E-state index contributed by atoms with van der Waals surface area (Å²) in [6.45, 7) is 1.76. The van der Waals surface area contributed by atoms with Gasteiger partial charge in [-0.15, -0.1) is 11.3 Å². The van der Waals surface area contributed by atoms with Crippen molar-refractivity contribution in [2.24, 2.45) is 5.92 Å². The third-order valence-corrected chi connectivity index (χ3v) is 6.23. The number of nitrogens with zero attached hydrogens (tertiary/aromatic N) is 3. The molecular weight excluding hydrogens is 374 g/mol. The van der Waals surface area contributed by atoms with E-state index in [1.54, 1.807) is 0 Å². The summed E-state index contributed by atoms with van der Waals surface area (Å²) in [6.07, 6.45) is -1.44. The van der Waals surface area contributed by atoms with Crippen LogP contribution in [0.1, 0.15) is 12.1 Å². The lowest BCUT2D eigenvalue weighted by Gasteiger charge is -2.19. The Hall–Kier alpha value is -1.85. The van der Waals surface area contributed by atoms with Crippen molar-refractivity contribution in [2.45, 2.75) is 31.6 Å². The minimum Gasteiger partial charge on any atom is -0.396 e. The highest BCUT2D eigenvalue weighted by atomic mass is 32.1. The third kappa shape index (κ3) is 3.26. The van der Waals surface area contributed by atoms with Gasteiger partial charge in [0, 0.05) is 12.5 Å². The molecule has 8 nitrogen and oxygen atoms in total. The molecule has 26 heavy (non-hydrogen) atoms. The van der Waals surface area contributed by atoms with Crippen LogP contribution in [0.4, 0.5) is 16.8 Å². The highest BCUT2D eigenvalue weighted by Gasteiger charge is 2.41. The molecule has 0 spiro atoms. The Balaban J connectivity index is 1.62. The molecule has 0 saturated heterocycles. The van der Waals surface area contributed by atoms with Crippen molar-refractivity contribution in [1.82, 2.24) is 14.3 Å². The Morgan fingerprint density at radius 2 is 2.12 bits per heavy atom. The molecule has 3 heterocycles. The minimum absolute atomic E-state index is 0.161. The average molecular weight is 393 g/mol. The standard InChI is InChI=1S/C16H19N5O3S2/c1-7-4-11(26-21-7)19-16-18-9-2-3-25-14(9)15(20-16)17-10-5-8(6-22)12(23)13(10)24/h2-4,8,10,12-13,22-24H,5-6H2,1H3,(H2,17,18,19,20)/t8-,10-,12-,13+/m1/s1. The van der Waals surface area contributed by atoms with Gasteiger partial charge in [0.05, 0.1) is 28.1 Å². The first-order chi connectivity index (χ1) is 12.5. The van der Waals surface area contributed by atoms with E-state index in [4.69, 9.17) is 0 Å². The fourth-order valence-corrected chi connectivity index (χ4v) is 4.61. The van der Waals surface area contributed by atoms with Crippen molar-refractivity contribution in [3.8, 4) is 0 Å². The number of nitrogens with one attached hydrogen (secondary N) is 2. The first-order valence-corrected chi connectivity index (χ1v) is 9.89. The number of anilines is 3. The largest absolute Gasteiger partial charge is 0.396 e. The fourth-order valence-electron chi connectivity index (χ4n) is 3.17. The summed E-state index contributed by atoms with van der Waals surface area (Å²) in [6, 6.07) is 3.44. The van der Waals surface area contributed by atoms with Crippen LogP contribution in [-0.2, 0) is 0 Å². The number of hydrogen-bond acceptors (Lipinski definition) is 10. The van der Waals surface area contributed by atoms with E-state index in [1.165, 1.54) is 22.9 Å². The molecule has 1 saturated carbocycles. The molecule has 3 aromatic heterocycles. The minimum atomic E-state index is -0.960. The lowest BCUT2D eigenvalue weighted by Crippen LogP contribution is -2.35. The zero-order chi connectivity index (χ0) is 18.3. The van der Waals surface area contributed by atoms with Crippen LogP contribution in [0.25, 0.3) is 10.2 Å². The predicted molar refractivity (Wildman–Crippen MR) is 102 cm³/mol. The SMILES string of the molecule is Cc1cc(Nc2nc(N[C@@H]3C[C@H](CO)[C@@H](O)[C@H]3O)c3sccc3n2)sn1. The molecular formula is C16H19N5O3S2. The van der Waals surface area contributed by atoms with Crippen molar-refractivity contribution in [1.29, 1.82) is 0 Å². The molecule has 0 aliphatic heterocycles. The molecule has 0 amide bonds. The molecule has 0 aromatic carbocycles. The summed E-state index contributed by atoms with van der Waals surface area (Å²) in [7, 11) is 0. The van der Waals surface area contributed by atoms with Gasteiger partial charge in [-0.3, -0.25) is 0 Å². The van der Waals surface area contributed by atoms with Crippen molar-refractivity contribution in [3.63, 3.8) is 0 Å². The molecule has 0 unspecified atom stereocenters. The molecule has 10 heteroatoms. The zero-order valence-corrected chi connectivity index (χ0v) is 15.6. The van der Waals surface area contributed by atoms with E-state index in [9.17, 15) is 15.3 Å².